The number of carbonyl (C=O) groups excluding carboxylic acids is 1. The molecule has 0 rings (SSSR count). The molecule has 1 radical (unpaired) electrons. The fraction of sp³-hybridized carbons (Fsp3) is 0.750. The van der Waals surface area contributed by atoms with Gasteiger partial charge in [0, 0.05) is 19.5 Å². The zero-order chi connectivity index (χ0) is 8.15. The topological polar surface area (TPSA) is 20.3 Å². The standard InChI is InChI=1S/C8H16NO/c1-5-6-9(4)8(10)7(2)3/h7H,1,5-6H2,2-4H3. The van der Waals surface area contributed by atoms with Crippen LogP contribution in [0.4, 0.5) is 0 Å². The lowest BCUT2D eigenvalue weighted by Gasteiger charge is -2.17. The van der Waals surface area contributed by atoms with E-state index in [-0.39, 0.29) is 11.8 Å². The van der Waals surface area contributed by atoms with Crippen LogP contribution in [0.3, 0.4) is 0 Å². The lowest BCUT2D eigenvalue weighted by Crippen LogP contribution is -2.30. The van der Waals surface area contributed by atoms with Gasteiger partial charge in [0.15, 0.2) is 0 Å². The van der Waals surface area contributed by atoms with Crippen molar-refractivity contribution in [3.63, 3.8) is 0 Å². The molecule has 59 valence electrons. The molecule has 0 aliphatic rings. The van der Waals surface area contributed by atoms with Gasteiger partial charge in [-0.25, -0.2) is 0 Å². The summed E-state index contributed by atoms with van der Waals surface area (Å²) in [4.78, 5) is 12.9. The second kappa shape index (κ2) is 4.31. The second-order valence-corrected chi connectivity index (χ2v) is 2.77. The lowest BCUT2D eigenvalue weighted by molar-refractivity contribution is -0.133. The summed E-state index contributed by atoms with van der Waals surface area (Å²) in [5.41, 5.74) is 0. The molecule has 0 saturated heterocycles. The first-order valence-corrected chi connectivity index (χ1v) is 3.63. The van der Waals surface area contributed by atoms with Gasteiger partial charge in [-0.3, -0.25) is 4.79 Å². The van der Waals surface area contributed by atoms with Crippen LogP contribution in [0.2, 0.25) is 0 Å². The quantitative estimate of drug-likeness (QED) is 0.582. The Labute approximate surface area is 63.2 Å². The van der Waals surface area contributed by atoms with E-state index in [9.17, 15) is 4.79 Å². The molecule has 2 heteroatoms. The maximum atomic E-state index is 11.1. The molecule has 0 atom stereocenters. The number of hydrogen-bond acceptors (Lipinski definition) is 1. The first kappa shape index (κ1) is 9.47. The third kappa shape index (κ3) is 2.85. The van der Waals surface area contributed by atoms with Crippen molar-refractivity contribution in [3.8, 4) is 0 Å². The van der Waals surface area contributed by atoms with Gasteiger partial charge in [0.05, 0.1) is 0 Å². The molecule has 0 aliphatic carbocycles. The molecule has 0 aromatic carbocycles. The maximum Gasteiger partial charge on any atom is 0.224 e. The number of hydrogen-bond donors (Lipinski definition) is 0. The van der Waals surface area contributed by atoms with Crippen LogP contribution < -0.4 is 0 Å². The summed E-state index contributed by atoms with van der Waals surface area (Å²) in [7, 11) is 1.81. The van der Waals surface area contributed by atoms with E-state index in [4.69, 9.17) is 0 Å². The summed E-state index contributed by atoms with van der Waals surface area (Å²) in [5.74, 6) is 0.306. The number of carbonyl (C=O) groups is 1. The summed E-state index contributed by atoms with van der Waals surface area (Å²) in [6, 6.07) is 0. The minimum absolute atomic E-state index is 0.108. The van der Waals surface area contributed by atoms with Crippen LogP contribution in [-0.2, 0) is 4.79 Å². The van der Waals surface area contributed by atoms with E-state index in [0.29, 0.717) is 0 Å². The van der Waals surface area contributed by atoms with Crippen molar-refractivity contribution in [2.45, 2.75) is 20.3 Å². The Bertz CT molecular complexity index is 110. The highest BCUT2D eigenvalue weighted by Crippen LogP contribution is 1.98. The van der Waals surface area contributed by atoms with E-state index in [1.54, 1.807) is 4.90 Å². The zero-order valence-corrected chi connectivity index (χ0v) is 7.05. The number of rotatable bonds is 3. The normalized spacial score (nSPS) is 10.1. The van der Waals surface area contributed by atoms with E-state index in [2.05, 4.69) is 6.92 Å². The van der Waals surface area contributed by atoms with Crippen molar-refractivity contribution in [2.75, 3.05) is 13.6 Å². The van der Waals surface area contributed by atoms with Crippen molar-refractivity contribution in [3.05, 3.63) is 6.92 Å². The predicted octanol–water partition coefficient (Wildman–Crippen LogP) is 1.32. The summed E-state index contributed by atoms with van der Waals surface area (Å²) in [6.07, 6.45) is 0.787. The lowest BCUT2D eigenvalue weighted by atomic mass is 10.2. The molecular weight excluding hydrogens is 126 g/mol. The molecule has 0 heterocycles. The van der Waals surface area contributed by atoms with Gasteiger partial charge in [-0.2, -0.15) is 0 Å². The van der Waals surface area contributed by atoms with Crippen LogP contribution in [0, 0.1) is 12.8 Å². The third-order valence-corrected chi connectivity index (χ3v) is 1.36. The number of amides is 1. The van der Waals surface area contributed by atoms with E-state index in [0.717, 1.165) is 13.0 Å². The van der Waals surface area contributed by atoms with E-state index < -0.39 is 0 Å². The molecule has 0 spiro atoms. The van der Waals surface area contributed by atoms with E-state index in [1.165, 1.54) is 0 Å². The molecular formula is C8H16NO. The molecule has 10 heavy (non-hydrogen) atoms. The molecule has 0 aromatic rings. The second-order valence-electron chi connectivity index (χ2n) is 2.77. The van der Waals surface area contributed by atoms with Gasteiger partial charge in [0.25, 0.3) is 0 Å². The third-order valence-electron chi connectivity index (χ3n) is 1.36. The molecule has 2 nitrogen and oxygen atoms in total. The zero-order valence-electron chi connectivity index (χ0n) is 7.05. The highest BCUT2D eigenvalue weighted by molar-refractivity contribution is 5.77. The summed E-state index contributed by atoms with van der Waals surface area (Å²) in [6.45, 7) is 8.24. The monoisotopic (exact) mass is 142 g/mol. The Balaban J connectivity index is 3.71. The van der Waals surface area contributed by atoms with Crippen molar-refractivity contribution in [1.29, 1.82) is 0 Å². The van der Waals surface area contributed by atoms with Crippen molar-refractivity contribution in [1.82, 2.24) is 4.90 Å². The summed E-state index contributed by atoms with van der Waals surface area (Å²) >= 11 is 0. The largest absolute Gasteiger partial charge is 0.346 e. The van der Waals surface area contributed by atoms with Gasteiger partial charge in [0.1, 0.15) is 0 Å². The Morgan fingerprint density at radius 1 is 1.60 bits per heavy atom. The molecule has 0 aliphatic heterocycles. The van der Waals surface area contributed by atoms with Crippen LogP contribution in [-0.4, -0.2) is 24.4 Å². The van der Waals surface area contributed by atoms with Gasteiger partial charge >= 0.3 is 0 Å². The molecule has 0 N–H and O–H groups in total. The predicted molar refractivity (Wildman–Crippen MR) is 42.4 cm³/mol. The SMILES string of the molecule is [CH2]CCN(C)C(=O)C(C)C. The first-order valence-electron chi connectivity index (χ1n) is 3.63. The first-order chi connectivity index (χ1) is 4.59. The van der Waals surface area contributed by atoms with Crippen molar-refractivity contribution >= 4 is 5.91 Å². The Kier molecular flexibility index (Phi) is 4.08. The fourth-order valence-electron chi connectivity index (χ4n) is 0.788. The smallest absolute Gasteiger partial charge is 0.224 e. The molecule has 0 aromatic heterocycles. The Morgan fingerprint density at radius 3 is 2.40 bits per heavy atom. The minimum Gasteiger partial charge on any atom is -0.346 e. The molecule has 0 saturated carbocycles. The van der Waals surface area contributed by atoms with Crippen LogP contribution >= 0.6 is 0 Å². The van der Waals surface area contributed by atoms with Gasteiger partial charge in [-0.05, 0) is 6.42 Å². The maximum absolute atomic E-state index is 11.1. The van der Waals surface area contributed by atoms with Crippen LogP contribution in [0.25, 0.3) is 0 Å². The highest BCUT2D eigenvalue weighted by atomic mass is 16.2. The Hall–Kier alpha value is -0.530. The van der Waals surface area contributed by atoms with Gasteiger partial charge in [0.2, 0.25) is 5.91 Å². The molecule has 0 unspecified atom stereocenters. The van der Waals surface area contributed by atoms with Crippen LogP contribution in [0.1, 0.15) is 20.3 Å². The molecule has 0 bridgehead atoms. The van der Waals surface area contributed by atoms with Gasteiger partial charge < -0.3 is 4.90 Å². The van der Waals surface area contributed by atoms with Crippen LogP contribution in [0.15, 0.2) is 0 Å². The van der Waals surface area contributed by atoms with E-state index in [1.807, 2.05) is 20.9 Å². The minimum atomic E-state index is 0.108. The molecule has 1 amide bonds. The van der Waals surface area contributed by atoms with Crippen molar-refractivity contribution in [2.24, 2.45) is 5.92 Å². The van der Waals surface area contributed by atoms with Gasteiger partial charge in [-0.15, -0.1) is 0 Å². The fourth-order valence-corrected chi connectivity index (χ4v) is 0.788. The summed E-state index contributed by atoms with van der Waals surface area (Å²) < 4.78 is 0. The van der Waals surface area contributed by atoms with Crippen LogP contribution in [0.5, 0.6) is 0 Å². The van der Waals surface area contributed by atoms with Crippen molar-refractivity contribution < 1.29 is 4.79 Å². The number of nitrogens with zero attached hydrogens (tertiary/aromatic N) is 1. The average Bonchev–Trinajstić information content (AvgIpc) is 1.87. The Morgan fingerprint density at radius 2 is 2.10 bits per heavy atom. The van der Waals surface area contributed by atoms with E-state index >= 15 is 0 Å². The summed E-state index contributed by atoms with van der Waals surface area (Å²) in [5, 5.41) is 0. The highest BCUT2D eigenvalue weighted by Gasteiger charge is 2.10. The average molecular weight is 142 g/mol. The van der Waals surface area contributed by atoms with Gasteiger partial charge in [-0.1, -0.05) is 20.8 Å². The molecule has 0 fully saturated rings.